The van der Waals surface area contributed by atoms with Gasteiger partial charge >= 0.3 is 6.09 Å². The molecule has 1 saturated heterocycles. The molecule has 2 aromatic rings. The van der Waals surface area contributed by atoms with Crippen molar-refractivity contribution < 1.29 is 23.8 Å². The lowest BCUT2D eigenvalue weighted by atomic mass is 9.88. The highest BCUT2D eigenvalue weighted by Crippen LogP contribution is 2.42. The number of methoxy groups -OCH3 is 1. The van der Waals surface area contributed by atoms with Gasteiger partial charge in [0.25, 0.3) is 0 Å². The van der Waals surface area contributed by atoms with E-state index in [0.29, 0.717) is 37.9 Å². The van der Waals surface area contributed by atoms with Crippen molar-refractivity contribution in [3.8, 4) is 11.6 Å². The molecule has 0 spiro atoms. The molecule has 0 aliphatic carbocycles. The Bertz CT molecular complexity index is 1150. The van der Waals surface area contributed by atoms with Crippen molar-refractivity contribution in [3.05, 3.63) is 48.2 Å². The highest BCUT2D eigenvalue weighted by atomic mass is 16.6. The van der Waals surface area contributed by atoms with Gasteiger partial charge in [0.05, 0.1) is 24.9 Å². The molecule has 0 N–H and O–H groups in total. The van der Waals surface area contributed by atoms with Gasteiger partial charge in [-0.3, -0.25) is 9.69 Å². The van der Waals surface area contributed by atoms with E-state index in [4.69, 9.17) is 14.2 Å². The fourth-order valence-corrected chi connectivity index (χ4v) is 5.11. The first-order valence-corrected chi connectivity index (χ1v) is 13.1. The van der Waals surface area contributed by atoms with Crippen LogP contribution in [0.2, 0.25) is 0 Å². The maximum atomic E-state index is 13.8. The first-order chi connectivity index (χ1) is 17.9. The fourth-order valence-electron chi connectivity index (χ4n) is 5.11. The Hall–Kier alpha value is -3.17. The molecule has 0 unspecified atom stereocenters. The predicted octanol–water partition coefficient (Wildman–Crippen LogP) is 4.45. The lowest BCUT2D eigenvalue weighted by Crippen LogP contribution is -2.62. The number of amides is 2. The largest absolute Gasteiger partial charge is 0.444 e. The van der Waals surface area contributed by atoms with Gasteiger partial charge in [-0.05, 0) is 39.8 Å². The monoisotopic (exact) mass is 524 g/mol. The third-order valence-electron chi connectivity index (χ3n) is 6.98. The molecule has 1 aromatic carbocycles. The molecular formula is C29H40N4O5. The van der Waals surface area contributed by atoms with Crippen LogP contribution in [0.1, 0.15) is 47.1 Å². The summed E-state index contributed by atoms with van der Waals surface area (Å²) in [5.74, 6) is 1.13. The molecule has 9 heteroatoms. The van der Waals surface area contributed by atoms with Gasteiger partial charge in [-0.2, -0.15) is 0 Å². The number of hydrogen-bond donors (Lipinski definition) is 0. The molecule has 4 rings (SSSR count). The zero-order valence-electron chi connectivity index (χ0n) is 23.6. The highest BCUT2D eigenvalue weighted by Gasteiger charge is 2.41. The van der Waals surface area contributed by atoms with Crippen LogP contribution in [0.5, 0.6) is 11.6 Å². The van der Waals surface area contributed by atoms with Crippen molar-refractivity contribution in [2.45, 2.75) is 64.6 Å². The molecule has 38 heavy (non-hydrogen) atoms. The van der Waals surface area contributed by atoms with Gasteiger partial charge in [-0.25, -0.2) is 9.78 Å². The Morgan fingerprint density at radius 3 is 2.50 bits per heavy atom. The number of para-hydroxylation sites is 1. The standard InChI is InChI=1S/C29H40N4O5/c1-20-15-31(21(18-36-7)16-32(20)27(35)38-28(2,3)4)17-26(34)33-19-29(5,6)23-14-30-25(13-24(23)33)37-22-11-9-8-10-12-22/h8-14,20-21H,15-19H2,1-7H3/t20-,21-/m1/s1. The topological polar surface area (TPSA) is 84.4 Å². The summed E-state index contributed by atoms with van der Waals surface area (Å²) in [7, 11) is 1.64. The summed E-state index contributed by atoms with van der Waals surface area (Å²) in [6.45, 7) is 13.9. The van der Waals surface area contributed by atoms with Crippen molar-refractivity contribution in [2.24, 2.45) is 0 Å². The van der Waals surface area contributed by atoms with E-state index in [1.807, 2.05) is 75.2 Å². The van der Waals surface area contributed by atoms with Crippen molar-refractivity contribution in [1.82, 2.24) is 14.8 Å². The van der Waals surface area contributed by atoms with Crippen LogP contribution in [-0.2, 0) is 19.7 Å². The van der Waals surface area contributed by atoms with Gasteiger partial charge in [-0.1, -0.05) is 32.0 Å². The molecule has 2 atom stereocenters. The van der Waals surface area contributed by atoms with Gasteiger partial charge in [0.2, 0.25) is 11.8 Å². The second-order valence-corrected chi connectivity index (χ2v) is 11.8. The number of hydrogen-bond acceptors (Lipinski definition) is 7. The molecule has 0 radical (unpaired) electrons. The first kappa shape index (κ1) is 27.9. The van der Waals surface area contributed by atoms with Crippen LogP contribution in [0, 0.1) is 0 Å². The summed E-state index contributed by atoms with van der Waals surface area (Å²) in [6, 6.07) is 11.1. The molecule has 2 aliphatic heterocycles. The second-order valence-electron chi connectivity index (χ2n) is 11.8. The van der Waals surface area contributed by atoms with Crippen molar-refractivity contribution in [3.63, 3.8) is 0 Å². The van der Waals surface area contributed by atoms with E-state index in [0.717, 1.165) is 11.3 Å². The van der Waals surface area contributed by atoms with E-state index in [-0.39, 0.29) is 36.0 Å². The Kier molecular flexibility index (Phi) is 7.99. The molecular weight excluding hydrogens is 484 g/mol. The number of carbonyl (C=O) groups excluding carboxylic acids is 2. The summed E-state index contributed by atoms with van der Waals surface area (Å²) in [5.41, 5.74) is 1.03. The van der Waals surface area contributed by atoms with Gasteiger partial charge in [-0.15, -0.1) is 0 Å². The van der Waals surface area contributed by atoms with Crippen LogP contribution in [0.25, 0.3) is 0 Å². The predicted molar refractivity (Wildman–Crippen MR) is 146 cm³/mol. The average Bonchev–Trinajstić information content (AvgIpc) is 3.10. The summed E-state index contributed by atoms with van der Waals surface area (Å²) in [6.07, 6.45) is 1.47. The minimum absolute atomic E-state index is 0.00675. The van der Waals surface area contributed by atoms with E-state index < -0.39 is 5.60 Å². The first-order valence-electron chi connectivity index (χ1n) is 13.1. The van der Waals surface area contributed by atoms with E-state index in [1.54, 1.807) is 12.0 Å². The summed E-state index contributed by atoms with van der Waals surface area (Å²) >= 11 is 0. The average molecular weight is 525 g/mol. The minimum atomic E-state index is -0.575. The van der Waals surface area contributed by atoms with Gasteiger partial charge in [0.15, 0.2) is 0 Å². The highest BCUT2D eigenvalue weighted by molar-refractivity contribution is 5.97. The number of aromatic nitrogens is 1. The molecule has 2 aliphatic rings. The van der Waals surface area contributed by atoms with Gasteiger partial charge < -0.3 is 24.0 Å². The molecule has 1 fully saturated rings. The summed E-state index contributed by atoms with van der Waals surface area (Å²) < 4.78 is 17.1. The van der Waals surface area contributed by atoms with E-state index in [2.05, 4.69) is 23.7 Å². The maximum absolute atomic E-state index is 13.8. The lowest BCUT2D eigenvalue weighted by Gasteiger charge is -2.45. The maximum Gasteiger partial charge on any atom is 0.410 e. The number of pyridine rings is 1. The third-order valence-corrected chi connectivity index (χ3v) is 6.98. The number of nitrogens with zero attached hydrogens (tertiary/aromatic N) is 4. The van der Waals surface area contributed by atoms with Crippen LogP contribution >= 0.6 is 0 Å². The Labute approximate surface area is 225 Å². The molecule has 0 bridgehead atoms. The van der Waals surface area contributed by atoms with Crippen LogP contribution < -0.4 is 9.64 Å². The zero-order chi connectivity index (χ0) is 27.7. The number of benzene rings is 1. The quantitative estimate of drug-likeness (QED) is 0.552. The van der Waals surface area contributed by atoms with Crippen LogP contribution in [-0.4, -0.2) is 84.4 Å². The van der Waals surface area contributed by atoms with E-state index in [9.17, 15) is 9.59 Å². The van der Waals surface area contributed by atoms with Crippen molar-refractivity contribution in [2.75, 3.05) is 44.8 Å². The Balaban J connectivity index is 1.51. The number of fused-ring (bicyclic) bond motifs is 1. The summed E-state index contributed by atoms with van der Waals surface area (Å²) in [5, 5.41) is 0. The second kappa shape index (κ2) is 10.9. The molecule has 1 aromatic heterocycles. The van der Waals surface area contributed by atoms with Gasteiger partial charge in [0.1, 0.15) is 11.4 Å². The van der Waals surface area contributed by atoms with Crippen LogP contribution in [0.4, 0.5) is 10.5 Å². The minimum Gasteiger partial charge on any atom is -0.444 e. The summed E-state index contributed by atoms with van der Waals surface area (Å²) in [4.78, 5) is 36.8. The van der Waals surface area contributed by atoms with Gasteiger partial charge in [0, 0.05) is 56.0 Å². The van der Waals surface area contributed by atoms with Crippen molar-refractivity contribution >= 4 is 17.7 Å². The molecule has 2 amide bonds. The smallest absolute Gasteiger partial charge is 0.410 e. The number of carbonyl (C=O) groups is 2. The van der Waals surface area contributed by atoms with Crippen LogP contribution in [0.3, 0.4) is 0 Å². The third kappa shape index (κ3) is 6.27. The van der Waals surface area contributed by atoms with E-state index in [1.165, 1.54) is 0 Å². The molecule has 0 saturated carbocycles. The number of ether oxygens (including phenoxy) is 3. The van der Waals surface area contributed by atoms with E-state index >= 15 is 0 Å². The van der Waals surface area contributed by atoms with Crippen molar-refractivity contribution in [1.29, 1.82) is 0 Å². The molecule has 9 nitrogen and oxygen atoms in total. The number of anilines is 1. The zero-order valence-corrected chi connectivity index (χ0v) is 23.6. The SMILES string of the molecule is COC[C@H]1CN(C(=O)OC(C)(C)C)[C@H](C)CN1CC(=O)N1CC(C)(C)c2cnc(Oc3ccccc3)cc21. The Morgan fingerprint density at radius 2 is 1.84 bits per heavy atom. The molecule has 3 heterocycles. The fraction of sp³-hybridized carbons (Fsp3) is 0.552. The lowest BCUT2D eigenvalue weighted by molar-refractivity contribution is -0.121. The normalized spacial score (nSPS) is 21.2. The number of piperazine rings is 1. The van der Waals surface area contributed by atoms with Crippen LogP contribution in [0.15, 0.2) is 42.6 Å². The Morgan fingerprint density at radius 1 is 1.13 bits per heavy atom. The number of rotatable bonds is 6. The molecule has 206 valence electrons.